The molecule has 2 saturated heterocycles. The van der Waals surface area contributed by atoms with Crippen LogP contribution in [0.5, 0.6) is 0 Å². The van der Waals surface area contributed by atoms with Crippen LogP contribution in [0.3, 0.4) is 0 Å². The number of carbonyl (C=O) groups excluding carboxylic acids is 2. The standard InChI is InChI=1S/C44H60N6O4/c1-29-21-31-23-37-35(13-15-39(51)45-37)43(25-29)33(31)11-9-19-49(43)41(53)27-47(3)17-7-5-6-8-18-48(4)28-42(54)50-20-10-12-34-32-22-30(2)26-44(34,50)36-14-16-40(52)46-38(36)24-32/h13-16,21-22,31-34H,5-12,17-20,23-28H2,1-4H3,(H,45,51)(H,46,52)/t31?,32?,33-,34-,43-,44-/m1/s1. The molecule has 8 rings (SSSR count). The molecule has 2 amide bonds. The van der Waals surface area contributed by atoms with Gasteiger partial charge in [-0.2, -0.15) is 0 Å². The van der Waals surface area contributed by atoms with Gasteiger partial charge < -0.3 is 19.8 Å². The molecule has 0 radical (unpaired) electrons. The quantitative estimate of drug-likeness (QED) is 0.246. The SMILES string of the molecule is CC1=CC2Cc3[nH]c(=O)ccc3[C@@]3(C1)[C@@H]2CCCN3C(=O)CN(C)CCCCCCN(C)CC(=O)N1CCC[C@@H]2C3C=C(C)C[C@]21c1ccc(=O)[nH]c1C3. The summed E-state index contributed by atoms with van der Waals surface area (Å²) in [6.07, 6.45) is 16.7. The molecule has 0 spiro atoms. The lowest BCUT2D eigenvalue weighted by Crippen LogP contribution is -2.63. The van der Waals surface area contributed by atoms with E-state index in [9.17, 15) is 19.2 Å². The van der Waals surface area contributed by atoms with Crippen molar-refractivity contribution in [2.24, 2.45) is 23.7 Å². The number of rotatable bonds is 11. The Hall–Kier alpha value is -3.76. The predicted molar refractivity (Wildman–Crippen MR) is 211 cm³/mol. The number of allylic oxidation sites excluding steroid dienone is 2. The molecule has 2 aromatic heterocycles. The van der Waals surface area contributed by atoms with Crippen molar-refractivity contribution in [1.82, 2.24) is 29.6 Å². The molecule has 290 valence electrons. The summed E-state index contributed by atoms with van der Waals surface area (Å²) in [4.78, 5) is 67.8. The number of aromatic amines is 2. The molecule has 2 N–H and O–H groups in total. The lowest BCUT2D eigenvalue weighted by Gasteiger charge is -2.59. The van der Waals surface area contributed by atoms with Gasteiger partial charge in [0.2, 0.25) is 22.9 Å². The Bertz CT molecular complexity index is 1820. The van der Waals surface area contributed by atoms with E-state index in [4.69, 9.17) is 0 Å². The summed E-state index contributed by atoms with van der Waals surface area (Å²) in [7, 11) is 4.13. The maximum atomic E-state index is 14.1. The minimum atomic E-state index is -0.365. The van der Waals surface area contributed by atoms with Crippen LogP contribution in [-0.2, 0) is 33.5 Å². The van der Waals surface area contributed by atoms with Crippen LogP contribution in [0.15, 0.2) is 57.2 Å². The molecule has 0 saturated carbocycles. The number of amides is 2. The predicted octanol–water partition coefficient (Wildman–Crippen LogP) is 5.10. The Morgan fingerprint density at radius 1 is 0.685 bits per heavy atom. The number of hydrogen-bond acceptors (Lipinski definition) is 6. The van der Waals surface area contributed by atoms with Crippen molar-refractivity contribution in [1.29, 1.82) is 0 Å². The van der Waals surface area contributed by atoms with E-state index >= 15 is 0 Å². The van der Waals surface area contributed by atoms with Crippen LogP contribution in [0, 0.1) is 23.7 Å². The monoisotopic (exact) mass is 736 g/mol. The van der Waals surface area contributed by atoms with Gasteiger partial charge in [-0.3, -0.25) is 29.0 Å². The number of pyridine rings is 2. The normalized spacial score (nSPS) is 29.5. The van der Waals surface area contributed by atoms with Crippen molar-refractivity contribution in [2.45, 2.75) is 102 Å². The minimum absolute atomic E-state index is 0.0627. The van der Waals surface area contributed by atoms with Crippen molar-refractivity contribution in [3.63, 3.8) is 0 Å². The van der Waals surface area contributed by atoms with Crippen molar-refractivity contribution < 1.29 is 9.59 Å². The summed E-state index contributed by atoms with van der Waals surface area (Å²) in [5.41, 5.74) is 6.18. The lowest BCUT2D eigenvalue weighted by atomic mass is 9.56. The molecule has 4 heterocycles. The number of H-pyrrole nitrogens is 2. The molecular weight excluding hydrogens is 677 g/mol. The van der Waals surface area contributed by atoms with Gasteiger partial charge in [-0.25, -0.2) is 0 Å². The highest BCUT2D eigenvalue weighted by atomic mass is 16.2. The third-order valence-electron chi connectivity index (χ3n) is 14.2. The molecular formula is C44H60N6O4. The summed E-state index contributed by atoms with van der Waals surface area (Å²) in [6, 6.07) is 7.30. The number of nitrogens with zero attached hydrogens (tertiary/aromatic N) is 4. The van der Waals surface area contributed by atoms with Crippen LogP contribution >= 0.6 is 0 Å². The number of fused-ring (bicyclic) bond motifs is 2. The summed E-state index contributed by atoms with van der Waals surface area (Å²) in [5, 5.41) is 0. The maximum Gasteiger partial charge on any atom is 0.248 e. The van der Waals surface area contributed by atoms with E-state index in [0.29, 0.717) is 36.8 Å². The average molecular weight is 737 g/mol. The number of hydrogen-bond donors (Lipinski definition) is 2. The van der Waals surface area contributed by atoms with Crippen LogP contribution in [0.1, 0.15) is 101 Å². The topological polar surface area (TPSA) is 113 Å². The molecule has 6 atom stereocenters. The zero-order valence-electron chi connectivity index (χ0n) is 32.9. The Morgan fingerprint density at radius 3 is 1.54 bits per heavy atom. The number of aromatic nitrogens is 2. The fourth-order valence-corrected chi connectivity index (χ4v) is 12.3. The number of nitrogens with one attached hydrogen (secondary N) is 2. The molecule has 6 aliphatic rings. The van der Waals surface area contributed by atoms with E-state index in [1.165, 1.54) is 11.1 Å². The zero-order valence-corrected chi connectivity index (χ0v) is 32.9. The van der Waals surface area contributed by atoms with Gasteiger partial charge in [0.25, 0.3) is 0 Å². The van der Waals surface area contributed by atoms with Crippen molar-refractivity contribution >= 4 is 11.8 Å². The van der Waals surface area contributed by atoms with Crippen LogP contribution in [0.2, 0.25) is 0 Å². The highest BCUT2D eigenvalue weighted by Crippen LogP contribution is 2.58. The molecule has 54 heavy (non-hydrogen) atoms. The molecule has 0 aromatic carbocycles. The number of piperidine rings is 2. The lowest BCUT2D eigenvalue weighted by molar-refractivity contribution is -0.149. The van der Waals surface area contributed by atoms with Gasteiger partial charge in [-0.15, -0.1) is 0 Å². The summed E-state index contributed by atoms with van der Waals surface area (Å²) in [6.45, 7) is 8.49. The summed E-state index contributed by atoms with van der Waals surface area (Å²) >= 11 is 0. The van der Waals surface area contributed by atoms with E-state index in [2.05, 4.69) is 69.7 Å². The van der Waals surface area contributed by atoms with Crippen LogP contribution in [0.4, 0.5) is 0 Å². The van der Waals surface area contributed by atoms with Crippen molar-refractivity contribution in [2.75, 3.05) is 53.4 Å². The minimum Gasteiger partial charge on any atom is -0.331 e. The van der Waals surface area contributed by atoms with Crippen molar-refractivity contribution in [3.05, 3.63) is 90.8 Å². The van der Waals surface area contributed by atoms with Crippen LogP contribution in [0.25, 0.3) is 0 Å². The third-order valence-corrected chi connectivity index (χ3v) is 14.2. The highest BCUT2D eigenvalue weighted by molar-refractivity contribution is 5.80. The number of likely N-dealkylation sites (tertiary alicyclic amines) is 2. The molecule has 2 unspecified atom stereocenters. The first-order valence-corrected chi connectivity index (χ1v) is 20.8. The Balaban J connectivity index is 0.821. The number of unbranched alkanes of at least 4 members (excludes halogenated alkanes) is 3. The smallest absolute Gasteiger partial charge is 0.248 e. The van der Waals surface area contributed by atoms with Gasteiger partial charge in [-0.05, 0) is 152 Å². The largest absolute Gasteiger partial charge is 0.331 e. The van der Waals surface area contributed by atoms with Crippen LogP contribution < -0.4 is 11.1 Å². The van der Waals surface area contributed by atoms with E-state index in [1.807, 2.05) is 12.1 Å². The first-order chi connectivity index (χ1) is 26.0. The molecule has 4 bridgehead atoms. The summed E-state index contributed by atoms with van der Waals surface area (Å²) < 4.78 is 0. The zero-order chi connectivity index (χ0) is 37.8. The second-order valence-electron chi connectivity index (χ2n) is 17.9. The van der Waals surface area contributed by atoms with Gasteiger partial charge >= 0.3 is 0 Å². The van der Waals surface area contributed by atoms with E-state index in [-0.39, 0.29) is 34.0 Å². The first-order valence-electron chi connectivity index (χ1n) is 20.8. The number of carbonyl (C=O) groups is 2. The first kappa shape index (κ1) is 37.2. The number of likely N-dealkylation sites (N-methyl/N-ethyl adjacent to an activating group) is 2. The Morgan fingerprint density at radius 2 is 1.11 bits per heavy atom. The van der Waals surface area contributed by atoms with Gasteiger partial charge in [0, 0.05) is 36.6 Å². The van der Waals surface area contributed by atoms with Crippen LogP contribution in [-0.4, -0.2) is 94.7 Å². The molecule has 10 nitrogen and oxygen atoms in total. The third kappa shape index (κ3) is 6.45. The fraction of sp³-hybridized carbons (Fsp3) is 0.636. The van der Waals surface area contributed by atoms with E-state index in [0.717, 1.165) is 126 Å². The van der Waals surface area contributed by atoms with Gasteiger partial charge in [0.1, 0.15) is 0 Å². The maximum absolute atomic E-state index is 14.1. The van der Waals surface area contributed by atoms with Gasteiger partial charge in [0.15, 0.2) is 0 Å². The van der Waals surface area contributed by atoms with Gasteiger partial charge in [0.05, 0.1) is 24.2 Å². The highest BCUT2D eigenvalue weighted by Gasteiger charge is 2.58. The average Bonchev–Trinajstić information content (AvgIpc) is 3.11. The Labute approximate surface area is 320 Å². The molecule has 2 aliphatic heterocycles. The Kier molecular flexibility index (Phi) is 10.1. The van der Waals surface area contributed by atoms with Gasteiger partial charge in [-0.1, -0.05) is 36.1 Å². The molecule has 10 heteroatoms. The van der Waals surface area contributed by atoms with E-state index < -0.39 is 0 Å². The molecule has 2 aromatic rings. The fourth-order valence-electron chi connectivity index (χ4n) is 12.3. The second-order valence-corrected chi connectivity index (χ2v) is 17.9. The molecule has 4 aliphatic carbocycles. The second kappa shape index (κ2) is 14.7. The van der Waals surface area contributed by atoms with E-state index in [1.54, 1.807) is 12.1 Å². The van der Waals surface area contributed by atoms with Crippen molar-refractivity contribution in [3.8, 4) is 0 Å². The molecule has 2 fully saturated rings. The summed E-state index contributed by atoms with van der Waals surface area (Å²) in [5.74, 6) is 1.89.